The third kappa shape index (κ3) is 1.73. The van der Waals surface area contributed by atoms with E-state index in [1.165, 1.54) is 0 Å². The van der Waals surface area contributed by atoms with Crippen LogP contribution in [0.3, 0.4) is 0 Å². The zero-order chi connectivity index (χ0) is 6.69. The standard InChI is InChI=1S/C5H6BrN3/c6-4-2-8-5(1-7)9-3-4/h2-3H,1,7H2/p+1. The lowest BCUT2D eigenvalue weighted by Crippen LogP contribution is -2.48. The van der Waals surface area contributed by atoms with E-state index in [2.05, 4.69) is 31.6 Å². The molecule has 0 aliphatic rings. The van der Waals surface area contributed by atoms with Crippen molar-refractivity contribution in [3.05, 3.63) is 22.7 Å². The van der Waals surface area contributed by atoms with Gasteiger partial charge in [0.2, 0.25) is 0 Å². The highest BCUT2D eigenvalue weighted by molar-refractivity contribution is 9.10. The molecule has 9 heavy (non-hydrogen) atoms. The molecule has 1 aromatic rings. The first-order valence-corrected chi connectivity index (χ1v) is 3.38. The molecule has 0 fully saturated rings. The van der Waals surface area contributed by atoms with E-state index in [1.807, 2.05) is 0 Å². The molecule has 0 atom stereocenters. The predicted molar refractivity (Wildman–Crippen MR) is 36.3 cm³/mol. The molecule has 0 unspecified atom stereocenters. The lowest BCUT2D eigenvalue weighted by atomic mass is 10.6. The second-order valence-electron chi connectivity index (χ2n) is 1.57. The van der Waals surface area contributed by atoms with E-state index in [0.717, 1.165) is 10.3 Å². The SMILES string of the molecule is [NH3+]Cc1ncc(Br)cn1. The van der Waals surface area contributed by atoms with Crippen molar-refractivity contribution >= 4 is 15.9 Å². The van der Waals surface area contributed by atoms with Crippen molar-refractivity contribution in [2.24, 2.45) is 0 Å². The second-order valence-corrected chi connectivity index (χ2v) is 2.48. The molecule has 48 valence electrons. The van der Waals surface area contributed by atoms with Gasteiger partial charge in [-0.05, 0) is 15.9 Å². The Morgan fingerprint density at radius 2 is 2.00 bits per heavy atom. The number of quaternary nitrogens is 1. The number of hydrogen-bond donors (Lipinski definition) is 1. The van der Waals surface area contributed by atoms with Crippen LogP contribution in [0.2, 0.25) is 0 Å². The van der Waals surface area contributed by atoms with Crippen LogP contribution in [0.4, 0.5) is 0 Å². The summed E-state index contributed by atoms with van der Waals surface area (Å²) in [7, 11) is 0. The Kier molecular flexibility index (Phi) is 2.13. The first-order chi connectivity index (χ1) is 4.33. The van der Waals surface area contributed by atoms with Crippen LogP contribution >= 0.6 is 15.9 Å². The fourth-order valence-corrected chi connectivity index (χ4v) is 0.673. The van der Waals surface area contributed by atoms with Crippen molar-refractivity contribution in [3.8, 4) is 0 Å². The predicted octanol–water partition coefficient (Wildman–Crippen LogP) is -0.0190. The largest absolute Gasteiger partial charge is 0.351 e. The van der Waals surface area contributed by atoms with Gasteiger partial charge in [0.1, 0.15) is 6.54 Å². The number of halogens is 1. The highest BCUT2D eigenvalue weighted by Crippen LogP contribution is 2.03. The molecule has 3 nitrogen and oxygen atoms in total. The molecule has 1 aromatic heterocycles. The molecule has 0 aromatic carbocycles. The Morgan fingerprint density at radius 1 is 1.44 bits per heavy atom. The Morgan fingerprint density at radius 3 is 2.44 bits per heavy atom. The van der Waals surface area contributed by atoms with E-state index in [4.69, 9.17) is 0 Å². The van der Waals surface area contributed by atoms with Crippen LogP contribution in [0.5, 0.6) is 0 Å². The summed E-state index contributed by atoms with van der Waals surface area (Å²) < 4.78 is 0.903. The third-order valence-corrected chi connectivity index (χ3v) is 1.31. The van der Waals surface area contributed by atoms with E-state index in [1.54, 1.807) is 12.4 Å². The summed E-state index contributed by atoms with van der Waals surface area (Å²) in [4.78, 5) is 7.95. The van der Waals surface area contributed by atoms with Crippen LogP contribution < -0.4 is 5.73 Å². The molecule has 0 amide bonds. The van der Waals surface area contributed by atoms with Crippen molar-refractivity contribution < 1.29 is 5.73 Å². The molecule has 0 saturated carbocycles. The van der Waals surface area contributed by atoms with Crippen LogP contribution in [0.1, 0.15) is 5.82 Å². The monoisotopic (exact) mass is 188 g/mol. The van der Waals surface area contributed by atoms with Crippen molar-refractivity contribution in [2.75, 3.05) is 0 Å². The summed E-state index contributed by atoms with van der Waals surface area (Å²) in [6.45, 7) is 0.646. The molecular weight excluding hydrogens is 182 g/mol. The topological polar surface area (TPSA) is 53.4 Å². The van der Waals surface area contributed by atoms with Gasteiger partial charge < -0.3 is 5.73 Å². The molecule has 0 bridgehead atoms. The van der Waals surface area contributed by atoms with E-state index >= 15 is 0 Å². The van der Waals surface area contributed by atoms with Crippen LogP contribution in [0, 0.1) is 0 Å². The van der Waals surface area contributed by atoms with Gasteiger partial charge in [0.15, 0.2) is 5.82 Å². The van der Waals surface area contributed by atoms with Gasteiger partial charge in [-0.2, -0.15) is 0 Å². The maximum atomic E-state index is 3.98. The smallest absolute Gasteiger partial charge is 0.183 e. The Balaban J connectivity index is 2.88. The van der Waals surface area contributed by atoms with E-state index in [-0.39, 0.29) is 0 Å². The fraction of sp³-hybridized carbons (Fsp3) is 0.200. The van der Waals surface area contributed by atoms with Gasteiger partial charge in [0, 0.05) is 12.4 Å². The summed E-state index contributed by atoms with van der Waals surface area (Å²) in [5.74, 6) is 0.776. The van der Waals surface area contributed by atoms with Gasteiger partial charge in [0.25, 0.3) is 0 Å². The molecule has 3 N–H and O–H groups in total. The molecule has 0 spiro atoms. The summed E-state index contributed by atoms with van der Waals surface area (Å²) in [5, 5.41) is 0. The van der Waals surface area contributed by atoms with Crippen LogP contribution in [-0.4, -0.2) is 9.97 Å². The molecule has 0 radical (unpaired) electrons. The number of nitrogens with zero attached hydrogens (tertiary/aromatic N) is 2. The Hall–Kier alpha value is -0.480. The van der Waals surface area contributed by atoms with E-state index in [9.17, 15) is 0 Å². The molecule has 0 aliphatic heterocycles. The van der Waals surface area contributed by atoms with Gasteiger partial charge in [-0.15, -0.1) is 0 Å². The summed E-state index contributed by atoms with van der Waals surface area (Å²) in [6, 6.07) is 0. The lowest BCUT2D eigenvalue weighted by Gasteiger charge is -1.89. The van der Waals surface area contributed by atoms with Crippen LogP contribution in [-0.2, 0) is 6.54 Å². The number of aromatic nitrogens is 2. The first-order valence-electron chi connectivity index (χ1n) is 2.58. The van der Waals surface area contributed by atoms with Crippen molar-refractivity contribution in [3.63, 3.8) is 0 Å². The molecule has 4 heteroatoms. The average Bonchev–Trinajstić information content (AvgIpc) is 1.90. The van der Waals surface area contributed by atoms with Gasteiger partial charge in [-0.3, -0.25) is 0 Å². The summed E-state index contributed by atoms with van der Waals surface area (Å²) >= 11 is 3.23. The minimum atomic E-state index is 0.646. The summed E-state index contributed by atoms with van der Waals surface area (Å²) in [6.07, 6.45) is 3.43. The number of hydrogen-bond acceptors (Lipinski definition) is 2. The molecule has 0 saturated heterocycles. The van der Waals surface area contributed by atoms with Gasteiger partial charge >= 0.3 is 0 Å². The van der Waals surface area contributed by atoms with Crippen LogP contribution in [0.25, 0.3) is 0 Å². The maximum absolute atomic E-state index is 3.98. The van der Waals surface area contributed by atoms with Crippen molar-refractivity contribution in [1.82, 2.24) is 9.97 Å². The Bertz CT molecular complexity index is 184. The zero-order valence-electron chi connectivity index (χ0n) is 4.84. The summed E-state index contributed by atoms with van der Waals surface area (Å²) in [5.41, 5.74) is 3.65. The minimum absolute atomic E-state index is 0.646. The third-order valence-electron chi connectivity index (χ3n) is 0.897. The van der Waals surface area contributed by atoms with Crippen molar-refractivity contribution in [1.29, 1.82) is 0 Å². The van der Waals surface area contributed by atoms with Gasteiger partial charge in [-0.1, -0.05) is 0 Å². The Labute approximate surface area is 61.4 Å². The van der Waals surface area contributed by atoms with Crippen LogP contribution in [0.15, 0.2) is 16.9 Å². The fourth-order valence-electron chi connectivity index (χ4n) is 0.468. The average molecular weight is 189 g/mol. The lowest BCUT2D eigenvalue weighted by molar-refractivity contribution is -0.388. The van der Waals surface area contributed by atoms with E-state index < -0.39 is 0 Å². The molecular formula is C5H7BrN3+. The maximum Gasteiger partial charge on any atom is 0.183 e. The quantitative estimate of drug-likeness (QED) is 0.674. The zero-order valence-corrected chi connectivity index (χ0v) is 6.43. The van der Waals surface area contributed by atoms with E-state index in [0.29, 0.717) is 6.54 Å². The normalized spacial score (nSPS) is 9.56. The molecule has 1 heterocycles. The second kappa shape index (κ2) is 2.89. The highest BCUT2D eigenvalue weighted by atomic mass is 79.9. The highest BCUT2D eigenvalue weighted by Gasteiger charge is 1.91. The van der Waals surface area contributed by atoms with Gasteiger partial charge in [0.05, 0.1) is 4.47 Å². The molecule has 1 rings (SSSR count). The molecule has 0 aliphatic carbocycles. The van der Waals surface area contributed by atoms with Crippen molar-refractivity contribution in [2.45, 2.75) is 6.54 Å². The first kappa shape index (κ1) is 6.64. The van der Waals surface area contributed by atoms with Gasteiger partial charge in [-0.25, -0.2) is 9.97 Å². The minimum Gasteiger partial charge on any atom is -0.351 e. The number of rotatable bonds is 1.